The van der Waals surface area contributed by atoms with Gasteiger partial charge in [0.05, 0.1) is 5.52 Å². The summed E-state index contributed by atoms with van der Waals surface area (Å²) in [5.41, 5.74) is 1.90. The van der Waals surface area contributed by atoms with E-state index >= 15 is 0 Å². The monoisotopic (exact) mass is 340 g/mol. The Balaban J connectivity index is 1.88. The highest BCUT2D eigenvalue weighted by atomic mass is 32.2. The minimum atomic E-state index is 0.600. The number of rotatable bonds is 3. The molecule has 8 heteroatoms. The van der Waals surface area contributed by atoms with Crippen molar-refractivity contribution in [2.45, 2.75) is 17.1 Å². The lowest BCUT2D eigenvalue weighted by Crippen LogP contribution is -2.11. The first kappa shape index (κ1) is 14.2. The van der Waals surface area contributed by atoms with Gasteiger partial charge < -0.3 is 5.84 Å². The Bertz CT molecular complexity index is 977. The highest BCUT2D eigenvalue weighted by Crippen LogP contribution is 2.32. The standard InChI is InChI=1S/C15H12N6S2/c1-9-19-20-15(21(9)16)23-14-11-4-2-3-5-12(11)17-13(18-14)10-6-7-22-8-10/h2-8H,16H2,1H3. The lowest BCUT2D eigenvalue weighted by molar-refractivity contribution is 0.824. The SMILES string of the molecule is Cc1nnc(Sc2nc(-c3ccsc3)nc3ccccc23)n1N. The van der Waals surface area contributed by atoms with Crippen molar-refractivity contribution in [1.82, 2.24) is 24.8 Å². The quantitative estimate of drug-likeness (QED) is 0.456. The van der Waals surface area contributed by atoms with E-state index < -0.39 is 0 Å². The number of hydrogen-bond acceptors (Lipinski definition) is 7. The Kier molecular flexibility index (Phi) is 3.47. The topological polar surface area (TPSA) is 82.5 Å². The van der Waals surface area contributed by atoms with Gasteiger partial charge in [0.15, 0.2) is 5.82 Å². The van der Waals surface area contributed by atoms with Crippen molar-refractivity contribution >= 4 is 34.0 Å². The summed E-state index contributed by atoms with van der Waals surface area (Å²) in [5, 5.41) is 14.5. The molecule has 0 aliphatic carbocycles. The molecular formula is C15H12N6S2. The third-order valence-corrected chi connectivity index (χ3v) is 5.02. The molecule has 0 amide bonds. The van der Waals surface area contributed by atoms with Gasteiger partial charge in [-0.1, -0.05) is 18.2 Å². The molecule has 114 valence electrons. The average Bonchev–Trinajstić information content (AvgIpc) is 3.21. The zero-order chi connectivity index (χ0) is 15.8. The van der Waals surface area contributed by atoms with Gasteiger partial charge in [0.25, 0.3) is 0 Å². The van der Waals surface area contributed by atoms with E-state index in [9.17, 15) is 0 Å². The summed E-state index contributed by atoms with van der Waals surface area (Å²) >= 11 is 3.01. The molecule has 0 bridgehead atoms. The molecule has 0 aliphatic rings. The van der Waals surface area contributed by atoms with Crippen LogP contribution in [0.15, 0.2) is 51.3 Å². The van der Waals surface area contributed by atoms with Crippen LogP contribution < -0.4 is 5.84 Å². The van der Waals surface area contributed by atoms with Crippen LogP contribution in [0, 0.1) is 6.92 Å². The molecule has 0 aliphatic heterocycles. The number of aryl methyl sites for hydroxylation is 1. The van der Waals surface area contributed by atoms with Crippen LogP contribution in [0.2, 0.25) is 0 Å². The molecule has 0 fully saturated rings. The van der Waals surface area contributed by atoms with Gasteiger partial charge in [-0.15, -0.1) is 10.2 Å². The van der Waals surface area contributed by atoms with E-state index in [1.165, 1.54) is 16.4 Å². The first-order valence-electron chi connectivity index (χ1n) is 6.86. The smallest absolute Gasteiger partial charge is 0.216 e. The molecular weight excluding hydrogens is 328 g/mol. The van der Waals surface area contributed by atoms with Gasteiger partial charge in [0.2, 0.25) is 5.16 Å². The molecule has 23 heavy (non-hydrogen) atoms. The fraction of sp³-hybridized carbons (Fsp3) is 0.0667. The second-order valence-electron chi connectivity index (χ2n) is 4.88. The highest BCUT2D eigenvalue weighted by Gasteiger charge is 2.14. The number of para-hydroxylation sites is 1. The summed E-state index contributed by atoms with van der Waals surface area (Å²) in [6, 6.07) is 9.93. The largest absolute Gasteiger partial charge is 0.336 e. The summed E-state index contributed by atoms with van der Waals surface area (Å²) < 4.78 is 1.46. The molecule has 0 atom stereocenters. The number of benzene rings is 1. The van der Waals surface area contributed by atoms with Gasteiger partial charge >= 0.3 is 0 Å². The minimum absolute atomic E-state index is 0.600. The molecule has 4 aromatic rings. The van der Waals surface area contributed by atoms with E-state index in [1.807, 2.05) is 48.0 Å². The molecule has 0 radical (unpaired) electrons. The van der Waals surface area contributed by atoms with Crippen molar-refractivity contribution in [1.29, 1.82) is 0 Å². The predicted molar refractivity (Wildman–Crippen MR) is 91.9 cm³/mol. The van der Waals surface area contributed by atoms with Crippen molar-refractivity contribution < 1.29 is 0 Å². The lowest BCUT2D eigenvalue weighted by Gasteiger charge is -2.07. The van der Waals surface area contributed by atoms with Gasteiger partial charge in [0, 0.05) is 16.3 Å². The number of hydrogen-bond donors (Lipinski definition) is 1. The van der Waals surface area contributed by atoms with Crippen LogP contribution in [0.3, 0.4) is 0 Å². The molecule has 6 nitrogen and oxygen atoms in total. The third kappa shape index (κ3) is 2.55. The van der Waals surface area contributed by atoms with Crippen LogP contribution in [0.1, 0.15) is 5.82 Å². The predicted octanol–water partition coefficient (Wildman–Crippen LogP) is 3.12. The van der Waals surface area contributed by atoms with Crippen molar-refractivity contribution in [3.63, 3.8) is 0 Å². The van der Waals surface area contributed by atoms with Crippen LogP contribution in [-0.4, -0.2) is 24.8 Å². The molecule has 0 unspecified atom stereocenters. The number of aromatic nitrogens is 5. The fourth-order valence-corrected chi connectivity index (χ4v) is 3.69. The molecule has 0 saturated carbocycles. The normalized spacial score (nSPS) is 11.2. The molecule has 3 heterocycles. The summed E-state index contributed by atoms with van der Waals surface area (Å²) in [6.45, 7) is 1.81. The Labute approximate surface area is 140 Å². The summed E-state index contributed by atoms with van der Waals surface area (Å²) in [4.78, 5) is 9.37. The van der Waals surface area contributed by atoms with Crippen LogP contribution >= 0.6 is 23.1 Å². The second-order valence-corrected chi connectivity index (χ2v) is 6.62. The number of nitrogens with zero attached hydrogens (tertiary/aromatic N) is 5. The summed E-state index contributed by atoms with van der Waals surface area (Å²) in [7, 11) is 0. The maximum Gasteiger partial charge on any atom is 0.216 e. The molecule has 1 aromatic carbocycles. The van der Waals surface area contributed by atoms with Gasteiger partial charge in [-0.3, -0.25) is 0 Å². The van der Waals surface area contributed by atoms with Crippen molar-refractivity contribution in [3.8, 4) is 11.4 Å². The highest BCUT2D eigenvalue weighted by molar-refractivity contribution is 7.99. The van der Waals surface area contributed by atoms with E-state index in [4.69, 9.17) is 10.8 Å². The Morgan fingerprint density at radius 2 is 2.00 bits per heavy atom. The number of nitrogens with two attached hydrogens (primary N) is 1. The van der Waals surface area contributed by atoms with Crippen LogP contribution in [0.25, 0.3) is 22.3 Å². The van der Waals surface area contributed by atoms with Crippen LogP contribution in [-0.2, 0) is 0 Å². The van der Waals surface area contributed by atoms with Gasteiger partial charge in [-0.2, -0.15) is 11.3 Å². The zero-order valence-corrected chi connectivity index (χ0v) is 13.8. The van der Waals surface area contributed by atoms with Crippen molar-refractivity contribution in [2.75, 3.05) is 5.84 Å². The lowest BCUT2D eigenvalue weighted by atomic mass is 10.2. The molecule has 0 spiro atoms. The molecule has 0 saturated heterocycles. The first-order valence-corrected chi connectivity index (χ1v) is 8.62. The second kappa shape index (κ2) is 5.64. The fourth-order valence-electron chi connectivity index (χ4n) is 2.15. The van der Waals surface area contributed by atoms with Crippen LogP contribution in [0.4, 0.5) is 0 Å². The number of thiophene rings is 1. The summed E-state index contributed by atoms with van der Waals surface area (Å²) in [5.74, 6) is 7.31. The minimum Gasteiger partial charge on any atom is -0.336 e. The number of fused-ring (bicyclic) bond motifs is 1. The maximum atomic E-state index is 5.96. The maximum absolute atomic E-state index is 5.96. The van der Waals surface area contributed by atoms with E-state index in [2.05, 4.69) is 15.2 Å². The van der Waals surface area contributed by atoms with Crippen LogP contribution in [0.5, 0.6) is 0 Å². The van der Waals surface area contributed by atoms with Crippen molar-refractivity contribution in [3.05, 3.63) is 46.9 Å². The Morgan fingerprint density at radius 1 is 1.13 bits per heavy atom. The van der Waals surface area contributed by atoms with E-state index in [-0.39, 0.29) is 0 Å². The van der Waals surface area contributed by atoms with Gasteiger partial charge in [0.1, 0.15) is 10.9 Å². The van der Waals surface area contributed by atoms with E-state index in [0.717, 1.165) is 21.5 Å². The molecule has 4 rings (SSSR count). The molecule has 2 N–H and O–H groups in total. The number of nitrogen functional groups attached to an aromatic ring is 1. The Morgan fingerprint density at radius 3 is 2.74 bits per heavy atom. The molecule has 3 aromatic heterocycles. The van der Waals surface area contributed by atoms with E-state index in [1.54, 1.807) is 11.3 Å². The van der Waals surface area contributed by atoms with Crippen molar-refractivity contribution in [2.24, 2.45) is 0 Å². The van der Waals surface area contributed by atoms with Gasteiger partial charge in [-0.25, -0.2) is 14.6 Å². The van der Waals surface area contributed by atoms with E-state index in [0.29, 0.717) is 16.8 Å². The van der Waals surface area contributed by atoms with Gasteiger partial charge in [-0.05, 0) is 36.2 Å². The zero-order valence-electron chi connectivity index (χ0n) is 12.2. The first-order chi connectivity index (χ1) is 11.2. The summed E-state index contributed by atoms with van der Waals surface area (Å²) in [6.07, 6.45) is 0. The average molecular weight is 340 g/mol. The Hall–Kier alpha value is -2.45. The third-order valence-electron chi connectivity index (χ3n) is 3.37.